The Labute approximate surface area is 155 Å². The summed E-state index contributed by atoms with van der Waals surface area (Å²) in [5.74, 6) is 2.34. The molecule has 0 saturated heterocycles. The van der Waals surface area contributed by atoms with Crippen LogP contribution in [0.4, 0.5) is 0 Å². The molecule has 1 unspecified atom stereocenters. The summed E-state index contributed by atoms with van der Waals surface area (Å²) < 4.78 is 10.9. The summed E-state index contributed by atoms with van der Waals surface area (Å²) in [6.45, 7) is 1.43. The molecule has 1 aliphatic rings. The Balaban J connectivity index is 1.41. The molecule has 0 aliphatic carbocycles. The smallest absolute Gasteiger partial charge is 0.189 e. The summed E-state index contributed by atoms with van der Waals surface area (Å²) in [5, 5.41) is 3.33. The fraction of sp³-hybridized carbons (Fsp3) is 0.381. The Bertz CT molecular complexity index is 728. The van der Waals surface area contributed by atoms with Gasteiger partial charge >= 0.3 is 0 Å². The van der Waals surface area contributed by atoms with Crippen LogP contribution in [0, 0.1) is 0 Å². The Morgan fingerprint density at radius 1 is 1.19 bits per heavy atom. The maximum absolute atomic E-state index is 6.07. The van der Waals surface area contributed by atoms with Crippen LogP contribution in [0.2, 0.25) is 0 Å². The van der Waals surface area contributed by atoms with Crippen molar-refractivity contribution >= 4 is 5.96 Å². The van der Waals surface area contributed by atoms with E-state index >= 15 is 0 Å². The first-order valence-corrected chi connectivity index (χ1v) is 9.17. The SMILES string of the molecule is COc1ccc(CCCCN=C(N)NC2CCOc3ccccc32)cc1. The molecule has 1 heterocycles. The number of para-hydroxylation sites is 1. The van der Waals surface area contributed by atoms with E-state index in [1.54, 1.807) is 7.11 Å². The molecule has 0 fully saturated rings. The molecule has 5 heteroatoms. The predicted molar refractivity (Wildman–Crippen MR) is 105 cm³/mol. The Morgan fingerprint density at radius 2 is 2.00 bits per heavy atom. The molecule has 1 atom stereocenters. The average Bonchev–Trinajstić information content (AvgIpc) is 2.68. The number of nitrogens with one attached hydrogen (secondary N) is 1. The van der Waals surface area contributed by atoms with E-state index in [-0.39, 0.29) is 6.04 Å². The largest absolute Gasteiger partial charge is 0.497 e. The highest BCUT2D eigenvalue weighted by Gasteiger charge is 2.21. The predicted octanol–water partition coefficient (Wildman–Crippen LogP) is 3.45. The molecule has 3 N–H and O–H groups in total. The van der Waals surface area contributed by atoms with E-state index in [1.165, 1.54) is 5.56 Å². The van der Waals surface area contributed by atoms with Crippen molar-refractivity contribution in [3.63, 3.8) is 0 Å². The lowest BCUT2D eigenvalue weighted by molar-refractivity contribution is 0.262. The minimum absolute atomic E-state index is 0.169. The molecule has 138 valence electrons. The molecule has 1 aliphatic heterocycles. The summed E-state index contributed by atoms with van der Waals surface area (Å²) in [7, 11) is 1.68. The van der Waals surface area contributed by atoms with Gasteiger partial charge in [0.05, 0.1) is 19.8 Å². The first-order chi connectivity index (χ1) is 12.8. The van der Waals surface area contributed by atoms with Gasteiger partial charge in [0, 0.05) is 18.5 Å². The number of aliphatic imine (C=N–C) groups is 1. The Kier molecular flexibility index (Phi) is 6.36. The van der Waals surface area contributed by atoms with Crippen molar-refractivity contribution in [2.24, 2.45) is 10.7 Å². The number of rotatable bonds is 7. The molecule has 0 spiro atoms. The van der Waals surface area contributed by atoms with E-state index in [0.717, 1.165) is 49.3 Å². The molecule has 0 radical (unpaired) electrons. The molecular weight excluding hydrogens is 326 g/mol. The van der Waals surface area contributed by atoms with Gasteiger partial charge in [-0.3, -0.25) is 4.99 Å². The highest BCUT2D eigenvalue weighted by atomic mass is 16.5. The summed E-state index contributed by atoms with van der Waals surface area (Å²) in [4.78, 5) is 4.47. The van der Waals surface area contributed by atoms with Crippen LogP contribution < -0.4 is 20.5 Å². The molecular formula is C21H27N3O2. The highest BCUT2D eigenvalue weighted by molar-refractivity contribution is 5.78. The quantitative estimate of drug-likeness (QED) is 0.454. The van der Waals surface area contributed by atoms with Gasteiger partial charge in [-0.15, -0.1) is 0 Å². The minimum atomic E-state index is 0.169. The monoisotopic (exact) mass is 353 g/mol. The van der Waals surface area contributed by atoms with Gasteiger partial charge in [-0.05, 0) is 43.0 Å². The standard InChI is InChI=1S/C21H27N3O2/c1-25-17-11-9-16(10-12-17)6-4-5-14-23-21(22)24-19-13-15-26-20-8-3-2-7-18(19)20/h2-3,7-12,19H,4-6,13-15H2,1H3,(H3,22,23,24). The number of hydrogen-bond donors (Lipinski definition) is 2. The number of ether oxygens (including phenoxy) is 2. The van der Waals surface area contributed by atoms with Crippen LogP contribution in [0.1, 0.15) is 36.4 Å². The van der Waals surface area contributed by atoms with Crippen molar-refractivity contribution in [2.45, 2.75) is 31.7 Å². The normalized spacial score (nSPS) is 16.5. The molecule has 5 nitrogen and oxygen atoms in total. The molecule has 0 aromatic heterocycles. The topological polar surface area (TPSA) is 68.9 Å². The van der Waals surface area contributed by atoms with E-state index in [4.69, 9.17) is 15.2 Å². The second kappa shape index (κ2) is 9.13. The fourth-order valence-electron chi connectivity index (χ4n) is 3.15. The number of benzene rings is 2. The second-order valence-corrected chi connectivity index (χ2v) is 6.44. The van der Waals surface area contributed by atoms with Crippen LogP contribution in [-0.4, -0.2) is 26.2 Å². The van der Waals surface area contributed by atoms with Crippen LogP contribution >= 0.6 is 0 Å². The lowest BCUT2D eigenvalue weighted by Crippen LogP contribution is -2.37. The maximum Gasteiger partial charge on any atom is 0.189 e. The molecule has 2 aromatic rings. The third-order valence-corrected chi connectivity index (χ3v) is 4.60. The van der Waals surface area contributed by atoms with Crippen molar-refractivity contribution in [3.05, 3.63) is 59.7 Å². The van der Waals surface area contributed by atoms with E-state index in [1.807, 2.05) is 30.3 Å². The average molecular weight is 353 g/mol. The summed E-state index contributed by atoms with van der Waals surface area (Å²) in [5.41, 5.74) is 8.54. The van der Waals surface area contributed by atoms with E-state index < -0.39 is 0 Å². The van der Waals surface area contributed by atoms with Crippen molar-refractivity contribution < 1.29 is 9.47 Å². The van der Waals surface area contributed by atoms with Gasteiger partial charge < -0.3 is 20.5 Å². The first kappa shape index (κ1) is 18.1. The number of aryl methyl sites for hydroxylation is 1. The molecule has 0 amide bonds. The summed E-state index contributed by atoms with van der Waals surface area (Å²) in [6, 6.07) is 16.5. The number of unbranched alkanes of at least 4 members (excludes halogenated alkanes) is 1. The third kappa shape index (κ3) is 4.91. The van der Waals surface area contributed by atoms with Crippen LogP contribution in [0.5, 0.6) is 11.5 Å². The van der Waals surface area contributed by atoms with Gasteiger partial charge in [-0.25, -0.2) is 0 Å². The van der Waals surface area contributed by atoms with Crippen LogP contribution in [0.25, 0.3) is 0 Å². The number of hydrogen-bond acceptors (Lipinski definition) is 3. The summed E-state index contributed by atoms with van der Waals surface area (Å²) >= 11 is 0. The van der Waals surface area contributed by atoms with Crippen LogP contribution in [0.3, 0.4) is 0 Å². The highest BCUT2D eigenvalue weighted by Crippen LogP contribution is 2.31. The molecule has 2 aromatic carbocycles. The van der Waals surface area contributed by atoms with Crippen molar-refractivity contribution in [3.8, 4) is 11.5 Å². The van der Waals surface area contributed by atoms with Gasteiger partial charge in [0.1, 0.15) is 11.5 Å². The number of guanidine groups is 1. The van der Waals surface area contributed by atoms with Crippen molar-refractivity contribution in [1.29, 1.82) is 0 Å². The molecule has 3 rings (SSSR count). The fourth-order valence-corrected chi connectivity index (χ4v) is 3.15. The van der Waals surface area contributed by atoms with Gasteiger partial charge in [0.2, 0.25) is 0 Å². The zero-order chi connectivity index (χ0) is 18.2. The number of nitrogens with zero attached hydrogens (tertiary/aromatic N) is 1. The van der Waals surface area contributed by atoms with E-state index in [9.17, 15) is 0 Å². The first-order valence-electron chi connectivity index (χ1n) is 9.17. The molecule has 26 heavy (non-hydrogen) atoms. The van der Waals surface area contributed by atoms with Gasteiger partial charge in [-0.2, -0.15) is 0 Å². The van der Waals surface area contributed by atoms with Crippen molar-refractivity contribution in [2.75, 3.05) is 20.3 Å². The van der Waals surface area contributed by atoms with Gasteiger partial charge in [0.25, 0.3) is 0 Å². The molecule has 0 bridgehead atoms. The number of nitrogens with two attached hydrogens (primary N) is 1. The Hall–Kier alpha value is -2.69. The van der Waals surface area contributed by atoms with Crippen LogP contribution in [0.15, 0.2) is 53.5 Å². The maximum atomic E-state index is 6.07. The van der Waals surface area contributed by atoms with Crippen molar-refractivity contribution in [1.82, 2.24) is 5.32 Å². The van der Waals surface area contributed by atoms with E-state index in [0.29, 0.717) is 12.6 Å². The number of methoxy groups -OCH3 is 1. The third-order valence-electron chi connectivity index (χ3n) is 4.60. The van der Waals surface area contributed by atoms with Crippen LogP contribution in [-0.2, 0) is 6.42 Å². The zero-order valence-corrected chi connectivity index (χ0v) is 15.3. The minimum Gasteiger partial charge on any atom is -0.497 e. The lowest BCUT2D eigenvalue weighted by atomic mass is 10.0. The summed E-state index contributed by atoms with van der Waals surface area (Å²) in [6.07, 6.45) is 4.03. The lowest BCUT2D eigenvalue weighted by Gasteiger charge is -2.26. The van der Waals surface area contributed by atoms with Gasteiger partial charge in [-0.1, -0.05) is 30.3 Å². The zero-order valence-electron chi connectivity index (χ0n) is 15.3. The van der Waals surface area contributed by atoms with Gasteiger partial charge in [0.15, 0.2) is 5.96 Å². The second-order valence-electron chi connectivity index (χ2n) is 6.44. The number of fused-ring (bicyclic) bond motifs is 1. The van der Waals surface area contributed by atoms with E-state index in [2.05, 4.69) is 28.5 Å². The Morgan fingerprint density at radius 3 is 2.81 bits per heavy atom. The molecule has 0 saturated carbocycles.